The van der Waals surface area contributed by atoms with Crippen LogP contribution in [0.15, 0.2) is 34.8 Å². The number of hydrogen-bond donors (Lipinski definition) is 2. The predicted octanol–water partition coefficient (Wildman–Crippen LogP) is 3.84. The topological polar surface area (TPSA) is 91.4 Å². The summed E-state index contributed by atoms with van der Waals surface area (Å²) < 4.78 is 19.5. The molecule has 1 fully saturated rings. The van der Waals surface area contributed by atoms with Crippen molar-refractivity contribution in [3.05, 3.63) is 45.8 Å². The highest BCUT2D eigenvalue weighted by atomic mass is 35.5. The molecule has 0 unspecified atom stereocenters. The van der Waals surface area contributed by atoms with E-state index in [1.54, 1.807) is 17.3 Å². The van der Waals surface area contributed by atoms with Gasteiger partial charge in [0.1, 0.15) is 12.5 Å². The first-order chi connectivity index (χ1) is 14.5. The number of nitrogens with two attached hydrogens (primary N) is 1. The molecule has 30 heavy (non-hydrogen) atoms. The zero-order chi connectivity index (χ0) is 21.1. The van der Waals surface area contributed by atoms with E-state index in [2.05, 4.69) is 20.7 Å². The van der Waals surface area contributed by atoms with Gasteiger partial charge < -0.3 is 15.8 Å². The summed E-state index contributed by atoms with van der Waals surface area (Å²) in [6, 6.07) is 4.85. The van der Waals surface area contributed by atoms with Crippen LogP contribution in [0.2, 0.25) is 10.0 Å². The van der Waals surface area contributed by atoms with Gasteiger partial charge in [0.2, 0.25) is 0 Å². The third kappa shape index (κ3) is 4.53. The van der Waals surface area contributed by atoms with Crippen LogP contribution < -0.4 is 20.8 Å². The molecule has 0 spiro atoms. The van der Waals surface area contributed by atoms with Gasteiger partial charge in [0.05, 0.1) is 29.6 Å². The summed E-state index contributed by atoms with van der Waals surface area (Å²) in [5.41, 5.74) is 7.17. The Morgan fingerprint density at radius 2 is 2.03 bits per heavy atom. The summed E-state index contributed by atoms with van der Waals surface area (Å²) in [4.78, 5) is 4.20. The van der Waals surface area contributed by atoms with E-state index in [-0.39, 0.29) is 17.4 Å². The summed E-state index contributed by atoms with van der Waals surface area (Å²) in [5.74, 6) is 0.144. The van der Waals surface area contributed by atoms with Crippen LogP contribution in [0.4, 0.5) is 15.9 Å². The Morgan fingerprint density at radius 3 is 2.83 bits per heavy atom. The van der Waals surface area contributed by atoms with Crippen molar-refractivity contribution in [1.29, 1.82) is 0 Å². The molecule has 160 valence electrons. The largest absolute Gasteiger partial charge is 0.489 e. The maximum Gasteiger partial charge on any atom is 0.166 e. The summed E-state index contributed by atoms with van der Waals surface area (Å²) in [6.07, 6.45) is 4.03. The Hall–Kier alpha value is -2.36. The highest BCUT2D eigenvalue weighted by Crippen LogP contribution is 2.30. The second-order valence-electron chi connectivity index (χ2n) is 7.14. The van der Waals surface area contributed by atoms with Crippen LogP contribution in [0.1, 0.15) is 18.4 Å². The lowest BCUT2D eigenvalue weighted by molar-refractivity contribution is 0.184. The third-order valence-corrected chi connectivity index (χ3v) is 5.95. The molecule has 1 aromatic carbocycles. The fraction of sp³-hybridized carbons (Fsp3) is 0.421. The van der Waals surface area contributed by atoms with E-state index in [1.807, 2.05) is 5.01 Å². The van der Waals surface area contributed by atoms with Crippen LogP contribution in [0, 0.1) is 5.82 Å². The minimum Gasteiger partial charge on any atom is -0.489 e. The van der Waals surface area contributed by atoms with Crippen molar-refractivity contribution in [3.63, 3.8) is 0 Å². The lowest BCUT2D eigenvalue weighted by Crippen LogP contribution is -2.41. The number of aromatic nitrogens is 1. The fourth-order valence-electron chi connectivity index (χ4n) is 3.48. The Morgan fingerprint density at radius 1 is 1.23 bits per heavy atom. The van der Waals surface area contributed by atoms with E-state index in [9.17, 15) is 4.39 Å². The first kappa shape index (κ1) is 20.9. The Kier molecular flexibility index (Phi) is 6.40. The number of hydrogen-bond acceptors (Lipinski definition) is 8. The van der Waals surface area contributed by atoms with Crippen molar-refractivity contribution >= 4 is 34.7 Å². The van der Waals surface area contributed by atoms with Crippen LogP contribution in [0.25, 0.3) is 0 Å². The van der Waals surface area contributed by atoms with Crippen molar-refractivity contribution < 1.29 is 9.13 Å². The monoisotopic (exact) mass is 453 g/mol. The molecule has 1 saturated heterocycles. The van der Waals surface area contributed by atoms with E-state index < -0.39 is 5.82 Å². The number of nitrogens with one attached hydrogen (secondary N) is 1. The fourth-order valence-corrected chi connectivity index (χ4v) is 4.04. The van der Waals surface area contributed by atoms with Crippen LogP contribution >= 0.6 is 23.2 Å². The molecule has 1 aromatic heterocycles. The van der Waals surface area contributed by atoms with Gasteiger partial charge in [-0.2, -0.15) is 0 Å². The molecule has 0 radical (unpaired) electrons. The lowest BCUT2D eigenvalue weighted by Gasteiger charge is -2.29. The van der Waals surface area contributed by atoms with Gasteiger partial charge >= 0.3 is 0 Å². The van der Waals surface area contributed by atoms with E-state index in [0.717, 1.165) is 31.6 Å². The third-order valence-electron chi connectivity index (χ3n) is 5.19. The Bertz CT molecular complexity index is 939. The number of anilines is 2. The van der Waals surface area contributed by atoms with E-state index >= 15 is 0 Å². The zero-order valence-electron chi connectivity index (χ0n) is 16.2. The van der Waals surface area contributed by atoms with Crippen molar-refractivity contribution in [2.24, 2.45) is 10.4 Å². The van der Waals surface area contributed by atoms with Crippen molar-refractivity contribution in [2.75, 3.05) is 37.1 Å². The number of piperidine rings is 1. The summed E-state index contributed by atoms with van der Waals surface area (Å²) in [7, 11) is 0. The molecule has 3 N–H and O–H groups in total. The highest BCUT2D eigenvalue weighted by molar-refractivity contribution is 6.36. The molecule has 0 saturated carbocycles. The number of halogens is 3. The van der Waals surface area contributed by atoms with Gasteiger partial charge in [-0.15, -0.1) is 0 Å². The highest BCUT2D eigenvalue weighted by Gasteiger charge is 2.26. The van der Waals surface area contributed by atoms with Gasteiger partial charge in [0.25, 0.3) is 0 Å². The number of rotatable bonds is 6. The number of nitrogens with zero attached hydrogens (tertiary/aromatic N) is 5. The predicted molar refractivity (Wildman–Crippen MR) is 114 cm³/mol. The molecule has 8 nitrogen and oxygen atoms in total. The first-order valence-electron chi connectivity index (χ1n) is 9.70. The SMILES string of the molecule is Nc1ncc(N2CN(C3CCNCC3)N=N2)cc1OCCc1c(Cl)ccc(F)c1Cl. The van der Waals surface area contributed by atoms with Gasteiger partial charge in [-0.05, 0) is 48.9 Å². The van der Waals surface area contributed by atoms with E-state index in [0.29, 0.717) is 35.5 Å². The van der Waals surface area contributed by atoms with Gasteiger partial charge in [0, 0.05) is 17.5 Å². The van der Waals surface area contributed by atoms with Gasteiger partial charge in [0.15, 0.2) is 11.6 Å². The summed E-state index contributed by atoms with van der Waals surface area (Å²) >= 11 is 12.1. The standard InChI is InChI=1S/C19H22Cl2FN7O/c20-15-1-2-16(22)18(21)14(15)5-8-30-17-9-13(10-25-19(17)23)29-11-28(26-27-29)12-3-6-24-7-4-12/h1-2,9-10,12,24H,3-8,11H2,(H2,23,25). The zero-order valence-corrected chi connectivity index (χ0v) is 17.7. The maximum atomic E-state index is 13.7. The second kappa shape index (κ2) is 9.20. The Balaban J connectivity index is 1.39. The number of benzene rings is 1. The molecule has 2 aromatic rings. The molecule has 0 atom stereocenters. The summed E-state index contributed by atoms with van der Waals surface area (Å²) in [6.45, 7) is 2.72. The van der Waals surface area contributed by atoms with Gasteiger partial charge in [-0.3, -0.25) is 5.01 Å². The number of nitrogen functional groups attached to an aromatic ring is 1. The van der Waals surface area contributed by atoms with Gasteiger partial charge in [-0.1, -0.05) is 28.4 Å². The van der Waals surface area contributed by atoms with Crippen LogP contribution in [-0.2, 0) is 6.42 Å². The molecule has 3 heterocycles. The smallest absolute Gasteiger partial charge is 0.166 e. The quantitative estimate of drug-likeness (QED) is 0.645. The molecular weight excluding hydrogens is 432 g/mol. The van der Waals surface area contributed by atoms with E-state index in [4.69, 9.17) is 33.7 Å². The molecule has 0 bridgehead atoms. The Labute approximate surface area is 183 Å². The number of pyridine rings is 1. The first-order valence-corrected chi connectivity index (χ1v) is 10.5. The van der Waals surface area contributed by atoms with Gasteiger partial charge in [-0.25, -0.2) is 14.4 Å². The molecular formula is C19H22Cl2FN7O. The molecule has 2 aliphatic heterocycles. The molecule has 0 amide bonds. The molecule has 4 rings (SSSR count). The van der Waals surface area contributed by atoms with Crippen molar-refractivity contribution in [1.82, 2.24) is 15.3 Å². The number of ether oxygens (including phenoxy) is 1. The minimum atomic E-state index is -0.517. The maximum absolute atomic E-state index is 13.7. The van der Waals surface area contributed by atoms with Crippen LogP contribution in [-0.4, -0.2) is 42.4 Å². The van der Waals surface area contributed by atoms with Crippen molar-refractivity contribution in [2.45, 2.75) is 25.3 Å². The average molecular weight is 454 g/mol. The molecule has 2 aliphatic rings. The van der Waals surface area contributed by atoms with Crippen molar-refractivity contribution in [3.8, 4) is 5.75 Å². The van der Waals surface area contributed by atoms with Crippen LogP contribution in [0.5, 0.6) is 5.75 Å². The van der Waals surface area contributed by atoms with E-state index in [1.165, 1.54) is 12.1 Å². The molecule has 0 aliphatic carbocycles. The lowest BCUT2D eigenvalue weighted by atomic mass is 10.1. The van der Waals surface area contributed by atoms with Crippen LogP contribution in [0.3, 0.4) is 0 Å². The molecule has 11 heteroatoms. The summed E-state index contributed by atoms with van der Waals surface area (Å²) in [5, 5.41) is 16.0. The normalized spacial score (nSPS) is 17.0. The average Bonchev–Trinajstić information content (AvgIpc) is 3.25. The second-order valence-corrected chi connectivity index (χ2v) is 7.92. The minimum absolute atomic E-state index is 0.00132.